The van der Waals surface area contributed by atoms with Gasteiger partial charge in [-0.2, -0.15) is 0 Å². The summed E-state index contributed by atoms with van der Waals surface area (Å²) in [5.41, 5.74) is 6.41. The number of hydrogen-bond acceptors (Lipinski definition) is 1. The van der Waals surface area contributed by atoms with E-state index >= 15 is 0 Å². The number of hydrogen-bond donors (Lipinski definition) is 2. The molecule has 0 aliphatic heterocycles. The second-order valence-corrected chi connectivity index (χ2v) is 5.73. The Bertz CT molecular complexity index is 586. The van der Waals surface area contributed by atoms with Crippen molar-refractivity contribution in [1.82, 2.24) is 4.98 Å². The number of aromatic amines is 1. The number of aliphatic hydroxyl groups excluding tert-OH is 1. The molecule has 0 saturated carbocycles. The molecule has 18 heavy (non-hydrogen) atoms. The summed E-state index contributed by atoms with van der Waals surface area (Å²) in [4.78, 5) is 3.29. The van der Waals surface area contributed by atoms with Crippen LogP contribution in [0.5, 0.6) is 0 Å². The molecule has 0 aliphatic carbocycles. The molecule has 0 amide bonds. The fourth-order valence-corrected chi connectivity index (χ4v) is 2.72. The fourth-order valence-electron chi connectivity index (χ4n) is 2.25. The normalized spacial score (nSPS) is 12.8. The summed E-state index contributed by atoms with van der Waals surface area (Å²) < 4.78 is 1.03. The lowest BCUT2D eigenvalue weighted by Gasteiger charge is -2.14. The number of nitrogens with one attached hydrogen (secondary N) is 1. The van der Waals surface area contributed by atoms with Crippen LogP contribution in [0.4, 0.5) is 0 Å². The van der Waals surface area contributed by atoms with Crippen molar-refractivity contribution in [2.24, 2.45) is 0 Å². The molecule has 96 valence electrons. The number of benzene rings is 1. The molecule has 0 saturated heterocycles. The molecule has 3 heteroatoms. The average Bonchev–Trinajstić information content (AvgIpc) is 2.56. The molecule has 0 bridgehead atoms. The van der Waals surface area contributed by atoms with E-state index in [1.807, 2.05) is 39.0 Å². The Balaban J connectivity index is 2.47. The van der Waals surface area contributed by atoms with Crippen molar-refractivity contribution in [2.75, 3.05) is 0 Å². The molecule has 1 heterocycles. The fraction of sp³-hybridized carbons (Fsp3) is 0.333. The van der Waals surface area contributed by atoms with Gasteiger partial charge in [-0.25, -0.2) is 0 Å². The zero-order chi connectivity index (χ0) is 13.4. The third-order valence-corrected chi connectivity index (χ3v) is 4.14. The van der Waals surface area contributed by atoms with Gasteiger partial charge in [-0.3, -0.25) is 0 Å². The van der Waals surface area contributed by atoms with Gasteiger partial charge in [0.1, 0.15) is 6.10 Å². The largest absolute Gasteiger partial charge is 0.382 e. The predicted octanol–water partition coefficient (Wildman–Crippen LogP) is 4.09. The lowest BCUT2D eigenvalue weighted by Crippen LogP contribution is -2.04. The zero-order valence-corrected chi connectivity index (χ0v) is 12.7. The molecule has 0 radical (unpaired) electrons. The molecule has 2 N–H and O–H groups in total. The summed E-state index contributed by atoms with van der Waals surface area (Å²) in [6.07, 6.45) is -0.592. The van der Waals surface area contributed by atoms with Crippen molar-refractivity contribution < 1.29 is 5.11 Å². The SMILES string of the molecule is Cc1cc(Br)ccc1C(O)c1[nH]c(C)c(C)c1C. The van der Waals surface area contributed by atoms with E-state index < -0.39 is 6.10 Å². The van der Waals surface area contributed by atoms with Gasteiger partial charge in [-0.1, -0.05) is 22.0 Å². The van der Waals surface area contributed by atoms with Gasteiger partial charge >= 0.3 is 0 Å². The molecule has 2 aromatic rings. The van der Waals surface area contributed by atoms with Crippen LogP contribution in [0.2, 0.25) is 0 Å². The van der Waals surface area contributed by atoms with Crippen LogP contribution >= 0.6 is 15.9 Å². The van der Waals surface area contributed by atoms with Gasteiger partial charge in [0.15, 0.2) is 0 Å². The minimum Gasteiger partial charge on any atom is -0.382 e. The van der Waals surface area contributed by atoms with Gasteiger partial charge < -0.3 is 10.1 Å². The van der Waals surface area contributed by atoms with Gasteiger partial charge in [0, 0.05) is 10.2 Å². The number of aromatic nitrogens is 1. The first-order chi connectivity index (χ1) is 8.41. The molecule has 1 unspecified atom stereocenters. The Morgan fingerprint density at radius 1 is 1.11 bits per heavy atom. The third-order valence-electron chi connectivity index (χ3n) is 3.65. The summed E-state index contributed by atoms with van der Waals surface area (Å²) in [6.45, 7) is 8.17. The molecule has 0 fully saturated rings. The van der Waals surface area contributed by atoms with Crippen molar-refractivity contribution in [1.29, 1.82) is 0 Å². The first-order valence-electron chi connectivity index (χ1n) is 6.01. The standard InChI is InChI=1S/C15H18BrNO/c1-8-7-12(16)5-6-13(8)15(18)14-10(3)9(2)11(4)17-14/h5-7,15,17-18H,1-4H3. The minimum atomic E-state index is -0.592. The summed E-state index contributed by atoms with van der Waals surface area (Å²) >= 11 is 3.44. The molecule has 1 atom stereocenters. The van der Waals surface area contributed by atoms with Crippen molar-refractivity contribution in [3.05, 3.63) is 56.3 Å². The lowest BCUT2D eigenvalue weighted by molar-refractivity contribution is 0.214. The predicted molar refractivity (Wildman–Crippen MR) is 77.9 cm³/mol. The first kappa shape index (κ1) is 13.4. The van der Waals surface area contributed by atoms with E-state index in [2.05, 4.69) is 27.8 Å². The highest BCUT2D eigenvalue weighted by Crippen LogP contribution is 2.30. The van der Waals surface area contributed by atoms with Crippen molar-refractivity contribution in [3.63, 3.8) is 0 Å². The summed E-state index contributed by atoms with van der Waals surface area (Å²) in [5, 5.41) is 10.5. The number of halogens is 1. The van der Waals surface area contributed by atoms with Crippen molar-refractivity contribution >= 4 is 15.9 Å². The van der Waals surface area contributed by atoms with E-state index in [0.717, 1.165) is 32.6 Å². The molecule has 2 nitrogen and oxygen atoms in total. The number of rotatable bonds is 2. The number of aliphatic hydroxyl groups is 1. The molecule has 1 aromatic heterocycles. The van der Waals surface area contributed by atoms with Crippen molar-refractivity contribution in [2.45, 2.75) is 33.8 Å². The van der Waals surface area contributed by atoms with E-state index in [9.17, 15) is 5.11 Å². The summed E-state index contributed by atoms with van der Waals surface area (Å²) in [6, 6.07) is 5.95. The molecule has 1 aromatic carbocycles. The molecular formula is C15H18BrNO. The van der Waals surface area contributed by atoms with Crippen LogP contribution < -0.4 is 0 Å². The van der Waals surface area contributed by atoms with Crippen LogP contribution in [0.1, 0.15) is 39.7 Å². The van der Waals surface area contributed by atoms with Crippen LogP contribution in [0.15, 0.2) is 22.7 Å². The Morgan fingerprint density at radius 2 is 1.78 bits per heavy atom. The Morgan fingerprint density at radius 3 is 2.28 bits per heavy atom. The molecule has 0 aliphatic rings. The number of H-pyrrole nitrogens is 1. The molecular weight excluding hydrogens is 290 g/mol. The van der Waals surface area contributed by atoms with Gasteiger partial charge in [-0.05, 0) is 62.1 Å². The minimum absolute atomic E-state index is 0.592. The topological polar surface area (TPSA) is 36.0 Å². The van der Waals surface area contributed by atoms with Crippen LogP contribution in [0, 0.1) is 27.7 Å². The van der Waals surface area contributed by atoms with Crippen LogP contribution in [-0.2, 0) is 0 Å². The summed E-state index contributed by atoms with van der Waals surface area (Å²) in [5.74, 6) is 0. The van der Waals surface area contributed by atoms with Gasteiger partial charge in [0.05, 0.1) is 5.69 Å². The monoisotopic (exact) mass is 307 g/mol. The average molecular weight is 308 g/mol. The lowest BCUT2D eigenvalue weighted by atomic mass is 9.99. The smallest absolute Gasteiger partial charge is 0.119 e. The summed E-state index contributed by atoms with van der Waals surface area (Å²) in [7, 11) is 0. The van der Waals surface area contributed by atoms with Crippen LogP contribution in [0.3, 0.4) is 0 Å². The Hall–Kier alpha value is -1.06. The highest BCUT2D eigenvalue weighted by atomic mass is 79.9. The first-order valence-corrected chi connectivity index (χ1v) is 6.81. The maximum absolute atomic E-state index is 10.5. The Labute approximate surface area is 116 Å². The zero-order valence-electron chi connectivity index (χ0n) is 11.1. The van der Waals surface area contributed by atoms with Gasteiger partial charge in [-0.15, -0.1) is 0 Å². The van der Waals surface area contributed by atoms with Crippen molar-refractivity contribution in [3.8, 4) is 0 Å². The highest BCUT2D eigenvalue weighted by molar-refractivity contribution is 9.10. The third kappa shape index (κ3) is 2.25. The van der Waals surface area contributed by atoms with Gasteiger partial charge in [0.25, 0.3) is 0 Å². The number of aryl methyl sites for hydroxylation is 2. The maximum Gasteiger partial charge on any atom is 0.119 e. The van der Waals surface area contributed by atoms with Gasteiger partial charge in [0.2, 0.25) is 0 Å². The van der Waals surface area contributed by atoms with E-state index in [0.29, 0.717) is 0 Å². The molecule has 2 rings (SSSR count). The second-order valence-electron chi connectivity index (χ2n) is 4.82. The van der Waals surface area contributed by atoms with Crippen LogP contribution in [0.25, 0.3) is 0 Å². The van der Waals surface area contributed by atoms with E-state index in [1.54, 1.807) is 0 Å². The maximum atomic E-state index is 10.5. The van der Waals surface area contributed by atoms with Crippen LogP contribution in [-0.4, -0.2) is 10.1 Å². The highest BCUT2D eigenvalue weighted by Gasteiger charge is 2.18. The second kappa shape index (κ2) is 4.90. The Kier molecular flexibility index (Phi) is 3.64. The molecule has 0 spiro atoms. The van der Waals surface area contributed by atoms with E-state index in [4.69, 9.17) is 0 Å². The van der Waals surface area contributed by atoms with E-state index in [1.165, 1.54) is 5.56 Å². The quantitative estimate of drug-likeness (QED) is 0.861. The van der Waals surface area contributed by atoms with E-state index in [-0.39, 0.29) is 0 Å².